The van der Waals surface area contributed by atoms with Crippen molar-refractivity contribution in [1.82, 2.24) is 15.3 Å². The van der Waals surface area contributed by atoms with Crippen LogP contribution in [0.15, 0.2) is 12.4 Å². The Hall–Kier alpha value is -1.16. The average molecular weight is 262 g/mol. The minimum atomic E-state index is 0.676. The molecule has 1 aromatic heterocycles. The summed E-state index contributed by atoms with van der Waals surface area (Å²) < 4.78 is 0. The Labute approximate surface area is 116 Å². The van der Waals surface area contributed by atoms with Gasteiger partial charge in [0.15, 0.2) is 0 Å². The molecule has 4 nitrogen and oxygen atoms in total. The van der Waals surface area contributed by atoms with Crippen LogP contribution in [0.1, 0.15) is 39.2 Å². The molecule has 2 rings (SSSR count). The first-order chi connectivity index (χ1) is 9.15. The van der Waals surface area contributed by atoms with Crippen molar-refractivity contribution in [2.75, 3.05) is 24.5 Å². The molecule has 0 aromatic carbocycles. The molecule has 0 radical (unpaired) electrons. The lowest BCUT2D eigenvalue weighted by atomic mass is 10.0. The number of nitrogens with zero attached hydrogens (tertiary/aromatic N) is 3. The minimum absolute atomic E-state index is 0.676. The fourth-order valence-corrected chi connectivity index (χ4v) is 2.48. The maximum atomic E-state index is 4.51. The second kappa shape index (κ2) is 6.85. The Bertz CT molecular complexity index is 374. The quantitative estimate of drug-likeness (QED) is 0.885. The lowest BCUT2D eigenvalue weighted by Crippen LogP contribution is -2.35. The van der Waals surface area contributed by atoms with Crippen molar-refractivity contribution in [2.24, 2.45) is 11.8 Å². The predicted molar refractivity (Wildman–Crippen MR) is 79.2 cm³/mol. The molecule has 106 valence electrons. The zero-order valence-electron chi connectivity index (χ0n) is 12.4. The van der Waals surface area contributed by atoms with Crippen molar-refractivity contribution in [3.63, 3.8) is 0 Å². The summed E-state index contributed by atoms with van der Waals surface area (Å²) in [7, 11) is 0. The molecule has 0 saturated carbocycles. The fraction of sp³-hybridized carbons (Fsp3) is 0.733. The second-order valence-corrected chi connectivity index (χ2v) is 6.11. The summed E-state index contributed by atoms with van der Waals surface area (Å²) in [4.78, 5) is 11.3. The number of aromatic nitrogens is 2. The summed E-state index contributed by atoms with van der Waals surface area (Å²) in [6.45, 7) is 10.8. The van der Waals surface area contributed by atoms with E-state index in [0.29, 0.717) is 5.92 Å². The van der Waals surface area contributed by atoms with Crippen LogP contribution >= 0.6 is 0 Å². The van der Waals surface area contributed by atoms with E-state index in [-0.39, 0.29) is 0 Å². The molecule has 1 N–H and O–H groups in total. The fourth-order valence-electron chi connectivity index (χ4n) is 2.48. The summed E-state index contributed by atoms with van der Waals surface area (Å²) in [5.74, 6) is 2.32. The molecular formula is C15H26N4. The third-order valence-corrected chi connectivity index (χ3v) is 3.51. The molecular weight excluding hydrogens is 236 g/mol. The molecule has 1 atom stereocenters. The van der Waals surface area contributed by atoms with Gasteiger partial charge in [-0.25, -0.2) is 9.97 Å². The van der Waals surface area contributed by atoms with Gasteiger partial charge in [-0.2, -0.15) is 0 Å². The first kappa shape index (κ1) is 14.3. The Morgan fingerprint density at radius 1 is 1.37 bits per heavy atom. The zero-order valence-corrected chi connectivity index (χ0v) is 12.4. The molecule has 0 aliphatic carbocycles. The molecule has 4 heteroatoms. The van der Waals surface area contributed by atoms with Gasteiger partial charge in [-0.05, 0) is 31.2 Å². The van der Waals surface area contributed by atoms with Crippen molar-refractivity contribution in [3.05, 3.63) is 18.0 Å². The zero-order chi connectivity index (χ0) is 13.7. The lowest BCUT2D eigenvalue weighted by molar-refractivity contribution is 0.442. The molecule has 0 spiro atoms. The molecule has 0 amide bonds. The van der Waals surface area contributed by atoms with E-state index in [1.807, 2.05) is 12.4 Å². The van der Waals surface area contributed by atoms with Crippen molar-refractivity contribution < 1.29 is 0 Å². The van der Waals surface area contributed by atoms with Crippen molar-refractivity contribution in [2.45, 2.75) is 40.2 Å². The Morgan fingerprint density at radius 3 is 2.74 bits per heavy atom. The van der Waals surface area contributed by atoms with Crippen LogP contribution in [0.4, 0.5) is 5.95 Å². The summed E-state index contributed by atoms with van der Waals surface area (Å²) in [5.41, 5.74) is 1.16. The molecule has 1 aromatic rings. The van der Waals surface area contributed by atoms with Crippen LogP contribution in [0.3, 0.4) is 0 Å². The normalized spacial score (nSPS) is 20.0. The SMILES string of the molecule is CC(C)CNCc1cnc(N2CCCC(C)C2)nc1. The van der Waals surface area contributed by atoms with Gasteiger partial charge in [0.1, 0.15) is 0 Å². The van der Waals surface area contributed by atoms with Gasteiger partial charge in [-0.1, -0.05) is 20.8 Å². The van der Waals surface area contributed by atoms with E-state index >= 15 is 0 Å². The summed E-state index contributed by atoms with van der Waals surface area (Å²) >= 11 is 0. The Kier molecular flexibility index (Phi) is 5.14. The number of piperidine rings is 1. The summed E-state index contributed by atoms with van der Waals surface area (Å²) in [6.07, 6.45) is 6.49. The monoisotopic (exact) mass is 262 g/mol. The van der Waals surface area contributed by atoms with E-state index in [1.54, 1.807) is 0 Å². The largest absolute Gasteiger partial charge is 0.341 e. The van der Waals surface area contributed by atoms with Gasteiger partial charge >= 0.3 is 0 Å². The number of hydrogen-bond donors (Lipinski definition) is 1. The van der Waals surface area contributed by atoms with Gasteiger partial charge < -0.3 is 10.2 Å². The van der Waals surface area contributed by atoms with Crippen LogP contribution in [-0.2, 0) is 6.54 Å². The van der Waals surface area contributed by atoms with Crippen molar-refractivity contribution in [1.29, 1.82) is 0 Å². The van der Waals surface area contributed by atoms with Crippen molar-refractivity contribution in [3.8, 4) is 0 Å². The highest BCUT2D eigenvalue weighted by Crippen LogP contribution is 2.19. The van der Waals surface area contributed by atoms with Gasteiger partial charge in [0.25, 0.3) is 0 Å². The van der Waals surface area contributed by atoms with Crippen LogP contribution in [0.2, 0.25) is 0 Å². The highest BCUT2D eigenvalue weighted by molar-refractivity contribution is 5.30. The third kappa shape index (κ3) is 4.46. The Balaban J connectivity index is 1.87. The smallest absolute Gasteiger partial charge is 0.225 e. The number of hydrogen-bond acceptors (Lipinski definition) is 4. The standard InChI is InChI=1S/C15H26N4/c1-12(2)7-16-8-14-9-17-15(18-10-14)19-6-4-5-13(3)11-19/h9-10,12-13,16H,4-8,11H2,1-3H3. The first-order valence-electron chi connectivity index (χ1n) is 7.41. The van der Waals surface area contributed by atoms with Crippen LogP contribution in [0.5, 0.6) is 0 Å². The Morgan fingerprint density at radius 2 is 2.11 bits per heavy atom. The highest BCUT2D eigenvalue weighted by atomic mass is 15.2. The molecule has 1 unspecified atom stereocenters. The summed E-state index contributed by atoms with van der Waals surface area (Å²) in [5, 5.41) is 3.41. The third-order valence-electron chi connectivity index (χ3n) is 3.51. The average Bonchev–Trinajstić information content (AvgIpc) is 2.39. The summed E-state index contributed by atoms with van der Waals surface area (Å²) in [6, 6.07) is 0. The molecule has 1 aliphatic heterocycles. The van der Waals surface area contributed by atoms with E-state index in [2.05, 4.69) is 41.0 Å². The van der Waals surface area contributed by atoms with Gasteiger partial charge in [0.05, 0.1) is 0 Å². The van der Waals surface area contributed by atoms with Crippen LogP contribution in [-0.4, -0.2) is 29.6 Å². The molecule has 2 heterocycles. The molecule has 1 aliphatic rings. The molecule has 0 bridgehead atoms. The van der Waals surface area contributed by atoms with Crippen LogP contribution < -0.4 is 10.2 Å². The van der Waals surface area contributed by atoms with E-state index < -0.39 is 0 Å². The maximum Gasteiger partial charge on any atom is 0.225 e. The van der Waals surface area contributed by atoms with Crippen LogP contribution in [0.25, 0.3) is 0 Å². The van der Waals surface area contributed by atoms with Gasteiger partial charge in [-0.15, -0.1) is 0 Å². The minimum Gasteiger partial charge on any atom is -0.341 e. The predicted octanol–water partition coefficient (Wildman–Crippen LogP) is 2.46. The number of anilines is 1. The van der Waals surface area contributed by atoms with Gasteiger partial charge in [-0.3, -0.25) is 0 Å². The van der Waals surface area contributed by atoms with E-state index in [0.717, 1.165) is 43.6 Å². The van der Waals surface area contributed by atoms with Crippen molar-refractivity contribution >= 4 is 5.95 Å². The van der Waals surface area contributed by atoms with Gasteiger partial charge in [0, 0.05) is 37.6 Å². The van der Waals surface area contributed by atoms with E-state index in [1.165, 1.54) is 12.8 Å². The second-order valence-electron chi connectivity index (χ2n) is 6.11. The maximum absolute atomic E-state index is 4.51. The molecule has 19 heavy (non-hydrogen) atoms. The number of rotatable bonds is 5. The highest BCUT2D eigenvalue weighted by Gasteiger charge is 2.18. The van der Waals surface area contributed by atoms with E-state index in [9.17, 15) is 0 Å². The van der Waals surface area contributed by atoms with Crippen LogP contribution in [0, 0.1) is 11.8 Å². The van der Waals surface area contributed by atoms with E-state index in [4.69, 9.17) is 0 Å². The first-order valence-corrected chi connectivity index (χ1v) is 7.41. The lowest BCUT2D eigenvalue weighted by Gasteiger charge is -2.30. The molecule has 1 fully saturated rings. The number of nitrogens with one attached hydrogen (secondary N) is 1. The molecule has 1 saturated heterocycles. The van der Waals surface area contributed by atoms with Gasteiger partial charge in [0.2, 0.25) is 5.95 Å². The topological polar surface area (TPSA) is 41.1 Å².